The highest BCUT2D eigenvalue weighted by Crippen LogP contribution is 2.30. The van der Waals surface area contributed by atoms with Gasteiger partial charge in [-0.25, -0.2) is 4.98 Å². The molecule has 5 aromatic rings. The SMILES string of the molecule is CCn1nc(C)cc1C(=O)Nc1cc(Oc2ccc3c(C=Cc4ncc[nH]4)n[nH]c3c2)ccc1C. The third-order valence-corrected chi connectivity index (χ3v) is 5.61. The second-order valence-corrected chi connectivity index (χ2v) is 8.14. The van der Waals surface area contributed by atoms with E-state index in [1.54, 1.807) is 23.1 Å². The van der Waals surface area contributed by atoms with Crippen molar-refractivity contribution in [1.82, 2.24) is 29.9 Å². The number of imidazole rings is 1. The van der Waals surface area contributed by atoms with Gasteiger partial charge in [0, 0.05) is 42.1 Å². The molecule has 0 saturated heterocycles. The van der Waals surface area contributed by atoms with Crippen LogP contribution in [0.3, 0.4) is 0 Å². The lowest BCUT2D eigenvalue weighted by atomic mass is 10.1. The number of anilines is 1. The lowest BCUT2D eigenvalue weighted by Gasteiger charge is -2.12. The predicted octanol–water partition coefficient (Wildman–Crippen LogP) is 5.33. The van der Waals surface area contributed by atoms with Crippen LogP contribution in [0, 0.1) is 13.8 Å². The summed E-state index contributed by atoms with van der Waals surface area (Å²) < 4.78 is 7.79. The largest absolute Gasteiger partial charge is 0.457 e. The van der Waals surface area contributed by atoms with Crippen LogP contribution < -0.4 is 10.1 Å². The van der Waals surface area contributed by atoms with Crippen LogP contribution in [0.1, 0.15) is 40.2 Å². The highest BCUT2D eigenvalue weighted by molar-refractivity contribution is 6.03. The predicted molar refractivity (Wildman–Crippen MR) is 135 cm³/mol. The molecule has 9 nitrogen and oxygen atoms in total. The average molecular weight is 468 g/mol. The number of ether oxygens (including phenoxy) is 1. The lowest BCUT2D eigenvalue weighted by molar-refractivity contribution is 0.101. The molecule has 3 heterocycles. The molecular formula is C26H25N7O2. The monoisotopic (exact) mass is 467 g/mol. The van der Waals surface area contributed by atoms with E-state index in [9.17, 15) is 4.79 Å². The van der Waals surface area contributed by atoms with E-state index in [0.717, 1.165) is 33.7 Å². The van der Waals surface area contributed by atoms with Gasteiger partial charge < -0.3 is 15.0 Å². The van der Waals surface area contributed by atoms with Crippen molar-refractivity contribution in [2.75, 3.05) is 5.32 Å². The Balaban J connectivity index is 1.34. The Bertz CT molecular complexity index is 1530. The smallest absolute Gasteiger partial charge is 0.273 e. The lowest BCUT2D eigenvalue weighted by Crippen LogP contribution is -2.17. The van der Waals surface area contributed by atoms with Crippen LogP contribution >= 0.6 is 0 Å². The van der Waals surface area contributed by atoms with Crippen molar-refractivity contribution in [3.63, 3.8) is 0 Å². The van der Waals surface area contributed by atoms with Crippen LogP contribution in [-0.2, 0) is 6.54 Å². The number of aryl methyl sites for hydroxylation is 3. The molecule has 5 rings (SSSR count). The van der Waals surface area contributed by atoms with Crippen molar-refractivity contribution in [3.05, 3.63) is 83.3 Å². The molecule has 9 heteroatoms. The minimum Gasteiger partial charge on any atom is -0.457 e. The van der Waals surface area contributed by atoms with Crippen LogP contribution in [0.5, 0.6) is 11.5 Å². The van der Waals surface area contributed by atoms with Crippen LogP contribution in [0.4, 0.5) is 5.69 Å². The number of nitrogens with one attached hydrogen (secondary N) is 3. The number of carbonyl (C=O) groups excluding carboxylic acids is 1. The van der Waals surface area contributed by atoms with Gasteiger partial charge >= 0.3 is 0 Å². The maximum Gasteiger partial charge on any atom is 0.273 e. The van der Waals surface area contributed by atoms with Crippen LogP contribution in [0.15, 0.2) is 54.9 Å². The third kappa shape index (κ3) is 4.70. The maximum absolute atomic E-state index is 12.9. The summed E-state index contributed by atoms with van der Waals surface area (Å²) in [5.74, 6) is 1.82. The van der Waals surface area contributed by atoms with E-state index >= 15 is 0 Å². The van der Waals surface area contributed by atoms with Gasteiger partial charge in [0.15, 0.2) is 0 Å². The minimum absolute atomic E-state index is 0.207. The number of hydrogen-bond donors (Lipinski definition) is 3. The summed E-state index contributed by atoms with van der Waals surface area (Å²) in [5.41, 5.74) is 4.61. The minimum atomic E-state index is -0.207. The number of nitrogens with zero attached hydrogens (tertiary/aromatic N) is 4. The van der Waals surface area contributed by atoms with Crippen LogP contribution in [0.2, 0.25) is 0 Å². The number of carbonyl (C=O) groups is 1. The van der Waals surface area contributed by atoms with Crippen molar-refractivity contribution < 1.29 is 9.53 Å². The number of benzene rings is 2. The van der Waals surface area contributed by atoms with E-state index in [0.29, 0.717) is 29.4 Å². The Morgan fingerprint density at radius 2 is 1.94 bits per heavy atom. The first kappa shape index (κ1) is 22.1. The van der Waals surface area contributed by atoms with Crippen molar-refractivity contribution in [3.8, 4) is 11.5 Å². The van der Waals surface area contributed by atoms with Crippen molar-refractivity contribution in [1.29, 1.82) is 0 Å². The van der Waals surface area contributed by atoms with Gasteiger partial charge in [-0.3, -0.25) is 14.6 Å². The Morgan fingerprint density at radius 3 is 2.74 bits per heavy atom. The molecule has 0 bridgehead atoms. The molecule has 1 amide bonds. The number of aromatic amines is 2. The molecule has 0 unspecified atom stereocenters. The molecule has 2 aromatic carbocycles. The topological polar surface area (TPSA) is 114 Å². The Hall–Kier alpha value is -4.66. The van der Waals surface area contributed by atoms with Crippen molar-refractivity contribution >= 4 is 34.6 Å². The summed E-state index contributed by atoms with van der Waals surface area (Å²) >= 11 is 0. The van der Waals surface area contributed by atoms with Gasteiger partial charge in [0.05, 0.1) is 16.9 Å². The molecule has 0 aliphatic heterocycles. The molecule has 0 aliphatic carbocycles. The van der Waals surface area contributed by atoms with Gasteiger partial charge in [-0.2, -0.15) is 10.2 Å². The molecule has 0 spiro atoms. The van der Waals surface area contributed by atoms with E-state index in [-0.39, 0.29) is 5.91 Å². The van der Waals surface area contributed by atoms with E-state index in [1.165, 1.54) is 0 Å². The molecule has 3 N–H and O–H groups in total. The second kappa shape index (κ2) is 9.30. The van der Waals surface area contributed by atoms with Crippen molar-refractivity contribution in [2.45, 2.75) is 27.3 Å². The number of hydrogen-bond acceptors (Lipinski definition) is 5. The molecule has 0 saturated carbocycles. The zero-order valence-corrected chi connectivity index (χ0v) is 19.7. The van der Waals surface area contributed by atoms with Gasteiger partial charge in [-0.15, -0.1) is 0 Å². The number of aromatic nitrogens is 6. The highest BCUT2D eigenvalue weighted by atomic mass is 16.5. The fourth-order valence-electron chi connectivity index (χ4n) is 3.83. The van der Waals surface area contributed by atoms with E-state index < -0.39 is 0 Å². The van der Waals surface area contributed by atoms with Gasteiger partial charge in [-0.05, 0) is 62.8 Å². The molecule has 176 valence electrons. The van der Waals surface area contributed by atoms with Gasteiger partial charge in [0.1, 0.15) is 23.0 Å². The zero-order valence-electron chi connectivity index (χ0n) is 19.7. The number of rotatable bonds is 7. The Labute approximate surface area is 201 Å². The summed E-state index contributed by atoms with van der Waals surface area (Å²) in [4.78, 5) is 20.1. The van der Waals surface area contributed by atoms with Crippen LogP contribution in [0.25, 0.3) is 23.1 Å². The molecular weight excluding hydrogens is 442 g/mol. The normalized spacial score (nSPS) is 11.4. The van der Waals surface area contributed by atoms with Crippen LogP contribution in [-0.4, -0.2) is 35.9 Å². The van der Waals surface area contributed by atoms with E-state index in [4.69, 9.17) is 4.74 Å². The molecule has 35 heavy (non-hydrogen) atoms. The first-order valence-corrected chi connectivity index (χ1v) is 11.3. The quantitative estimate of drug-likeness (QED) is 0.299. The van der Waals surface area contributed by atoms with E-state index in [2.05, 4.69) is 30.6 Å². The summed E-state index contributed by atoms with van der Waals surface area (Å²) in [6.45, 7) is 6.39. The third-order valence-electron chi connectivity index (χ3n) is 5.61. The molecule has 3 aromatic heterocycles. The average Bonchev–Trinajstić information content (AvgIpc) is 3.59. The van der Waals surface area contributed by atoms with Gasteiger partial charge in [0.25, 0.3) is 5.91 Å². The Morgan fingerprint density at radius 1 is 1.11 bits per heavy atom. The first-order valence-electron chi connectivity index (χ1n) is 11.3. The fraction of sp³-hybridized carbons (Fsp3) is 0.154. The zero-order chi connectivity index (χ0) is 24.4. The molecule has 0 aliphatic rings. The molecule has 0 radical (unpaired) electrons. The second-order valence-electron chi connectivity index (χ2n) is 8.14. The Kier molecular flexibility index (Phi) is 5.88. The van der Waals surface area contributed by atoms with Gasteiger partial charge in [0.2, 0.25) is 0 Å². The molecule has 0 fully saturated rings. The summed E-state index contributed by atoms with van der Waals surface area (Å²) in [7, 11) is 0. The summed E-state index contributed by atoms with van der Waals surface area (Å²) in [6, 6.07) is 13.1. The number of H-pyrrole nitrogens is 2. The molecule has 0 atom stereocenters. The maximum atomic E-state index is 12.9. The number of fused-ring (bicyclic) bond motifs is 1. The van der Waals surface area contributed by atoms with E-state index in [1.807, 2.05) is 69.3 Å². The van der Waals surface area contributed by atoms with Crippen molar-refractivity contribution in [2.24, 2.45) is 0 Å². The van der Waals surface area contributed by atoms with Gasteiger partial charge in [-0.1, -0.05) is 6.07 Å². The summed E-state index contributed by atoms with van der Waals surface area (Å²) in [5, 5.41) is 15.7. The standard InChI is InChI=1S/C26H25N7O2/c1-4-33-24(13-17(3)32-33)26(34)29-22-14-18(6-5-16(22)2)35-19-7-8-20-21(30-31-23(20)15-19)9-10-25-27-11-12-28-25/h5-15H,4H2,1-3H3,(H,27,28)(H,29,34)(H,30,31). The summed E-state index contributed by atoms with van der Waals surface area (Å²) in [6.07, 6.45) is 7.25. The first-order chi connectivity index (χ1) is 17.0. The number of amides is 1. The highest BCUT2D eigenvalue weighted by Gasteiger charge is 2.15. The fourth-order valence-corrected chi connectivity index (χ4v) is 3.83.